The number of anilines is 1. The van der Waals surface area contributed by atoms with Crippen molar-refractivity contribution in [1.29, 1.82) is 0 Å². The fraction of sp³-hybridized carbons (Fsp3) is 0.583. The lowest BCUT2D eigenvalue weighted by Gasteiger charge is -2.30. The molecule has 0 radical (unpaired) electrons. The number of sulfonamides is 1. The quantitative estimate of drug-likeness (QED) is 0.904. The second-order valence-electron chi connectivity index (χ2n) is 4.77. The molecule has 18 heavy (non-hydrogen) atoms. The largest absolute Gasteiger partial charge is 0.397 e. The lowest BCUT2D eigenvalue weighted by Crippen LogP contribution is -2.38. The van der Waals surface area contributed by atoms with Gasteiger partial charge in [0.05, 0.1) is 5.69 Å². The highest BCUT2D eigenvalue weighted by molar-refractivity contribution is 7.89. The smallest absolute Gasteiger partial charge is 0.244 e. The Morgan fingerprint density at radius 1 is 1.28 bits per heavy atom. The van der Waals surface area contributed by atoms with Crippen LogP contribution in [0.2, 0.25) is 0 Å². The number of aromatic nitrogens is 1. The summed E-state index contributed by atoms with van der Waals surface area (Å²) in [6, 6.07) is 1.56. The molecule has 0 saturated heterocycles. The number of rotatable bonds is 3. The van der Waals surface area contributed by atoms with Gasteiger partial charge in [0.15, 0.2) is 0 Å². The maximum Gasteiger partial charge on any atom is 0.244 e. The molecule has 1 aliphatic carbocycles. The van der Waals surface area contributed by atoms with E-state index < -0.39 is 10.0 Å². The molecule has 100 valence electrons. The van der Waals surface area contributed by atoms with Crippen molar-refractivity contribution in [3.05, 3.63) is 18.5 Å². The molecule has 1 aromatic rings. The summed E-state index contributed by atoms with van der Waals surface area (Å²) < 4.78 is 26.3. The molecule has 6 heteroatoms. The Bertz CT molecular complexity index is 510. The Hall–Kier alpha value is -1.14. The van der Waals surface area contributed by atoms with Crippen LogP contribution in [0.25, 0.3) is 0 Å². The maximum atomic E-state index is 12.4. The van der Waals surface area contributed by atoms with Crippen LogP contribution >= 0.6 is 0 Å². The second-order valence-corrected chi connectivity index (χ2v) is 6.76. The minimum atomic E-state index is -3.47. The third kappa shape index (κ3) is 2.64. The van der Waals surface area contributed by atoms with Gasteiger partial charge in [-0.15, -0.1) is 0 Å². The first-order chi connectivity index (χ1) is 8.51. The SMILES string of the molecule is CN(C1CCCCC1)S(=O)(=O)c1cncc(N)c1. The Morgan fingerprint density at radius 2 is 1.94 bits per heavy atom. The molecule has 2 N–H and O–H groups in total. The first-order valence-corrected chi connectivity index (χ1v) is 7.64. The van der Waals surface area contributed by atoms with Gasteiger partial charge in [0.1, 0.15) is 4.90 Å². The van der Waals surface area contributed by atoms with Crippen molar-refractivity contribution in [2.45, 2.75) is 43.0 Å². The summed E-state index contributed by atoms with van der Waals surface area (Å²) in [6.45, 7) is 0. The third-order valence-corrected chi connectivity index (χ3v) is 5.38. The Balaban J connectivity index is 2.24. The Kier molecular flexibility index (Phi) is 3.87. The molecule has 1 fully saturated rings. The van der Waals surface area contributed by atoms with Gasteiger partial charge in [-0.05, 0) is 18.9 Å². The number of nitrogens with two attached hydrogens (primary N) is 1. The number of hydrogen-bond acceptors (Lipinski definition) is 4. The monoisotopic (exact) mass is 269 g/mol. The fourth-order valence-corrected chi connectivity index (χ4v) is 3.80. The van der Waals surface area contributed by atoms with Crippen LogP contribution in [0.5, 0.6) is 0 Å². The van der Waals surface area contributed by atoms with Crippen molar-refractivity contribution in [1.82, 2.24) is 9.29 Å². The van der Waals surface area contributed by atoms with Crippen molar-refractivity contribution in [3.63, 3.8) is 0 Å². The van der Waals surface area contributed by atoms with Crippen LogP contribution in [0.1, 0.15) is 32.1 Å². The van der Waals surface area contributed by atoms with Crippen LogP contribution in [0.3, 0.4) is 0 Å². The molecule has 2 rings (SSSR count). The summed E-state index contributed by atoms with van der Waals surface area (Å²) in [5.41, 5.74) is 5.96. The number of nitrogens with zero attached hydrogens (tertiary/aromatic N) is 2. The minimum Gasteiger partial charge on any atom is -0.397 e. The molecule has 1 heterocycles. The summed E-state index contributed by atoms with van der Waals surface area (Å²) in [5, 5.41) is 0. The highest BCUT2D eigenvalue weighted by atomic mass is 32.2. The van der Waals surface area contributed by atoms with Crippen LogP contribution in [0.15, 0.2) is 23.4 Å². The van der Waals surface area contributed by atoms with E-state index in [-0.39, 0.29) is 10.9 Å². The average molecular weight is 269 g/mol. The van der Waals surface area contributed by atoms with E-state index in [1.807, 2.05) is 0 Å². The number of pyridine rings is 1. The standard InChI is InChI=1S/C12H19N3O2S/c1-15(11-5-3-2-4-6-11)18(16,17)12-7-10(13)8-14-9-12/h7-9,11H,2-6,13H2,1H3. The lowest BCUT2D eigenvalue weighted by atomic mass is 9.96. The molecule has 0 aliphatic heterocycles. The predicted molar refractivity (Wildman–Crippen MR) is 70.5 cm³/mol. The van der Waals surface area contributed by atoms with Crippen molar-refractivity contribution >= 4 is 15.7 Å². The lowest BCUT2D eigenvalue weighted by molar-refractivity contribution is 0.286. The van der Waals surface area contributed by atoms with Gasteiger partial charge in [-0.1, -0.05) is 19.3 Å². The maximum absolute atomic E-state index is 12.4. The van der Waals surface area contributed by atoms with Gasteiger partial charge >= 0.3 is 0 Å². The van der Waals surface area contributed by atoms with Crippen LogP contribution in [0.4, 0.5) is 5.69 Å². The van der Waals surface area contributed by atoms with Crippen LogP contribution in [0, 0.1) is 0 Å². The van der Waals surface area contributed by atoms with Crippen molar-refractivity contribution in [2.24, 2.45) is 0 Å². The van der Waals surface area contributed by atoms with E-state index in [4.69, 9.17) is 5.73 Å². The van der Waals surface area contributed by atoms with Crippen molar-refractivity contribution in [2.75, 3.05) is 12.8 Å². The Morgan fingerprint density at radius 3 is 2.56 bits per heavy atom. The van der Waals surface area contributed by atoms with Gasteiger partial charge in [-0.25, -0.2) is 8.42 Å². The van der Waals surface area contributed by atoms with Gasteiger partial charge in [0, 0.05) is 25.5 Å². The molecule has 0 unspecified atom stereocenters. The van der Waals surface area contributed by atoms with Crippen molar-refractivity contribution in [3.8, 4) is 0 Å². The zero-order chi connectivity index (χ0) is 13.2. The van der Waals surface area contributed by atoms with Gasteiger partial charge in [0.2, 0.25) is 10.0 Å². The molecule has 0 spiro atoms. The molecular weight excluding hydrogens is 250 g/mol. The van der Waals surface area contributed by atoms with Gasteiger partial charge in [-0.2, -0.15) is 4.31 Å². The molecule has 0 atom stereocenters. The summed E-state index contributed by atoms with van der Waals surface area (Å²) in [4.78, 5) is 4.02. The zero-order valence-electron chi connectivity index (χ0n) is 10.5. The van der Waals surface area contributed by atoms with Gasteiger partial charge in [-0.3, -0.25) is 4.98 Å². The van der Waals surface area contributed by atoms with E-state index in [9.17, 15) is 8.42 Å². The fourth-order valence-electron chi connectivity index (χ4n) is 2.38. The Labute approximate surface area is 108 Å². The van der Waals surface area contributed by atoms with E-state index in [0.717, 1.165) is 25.7 Å². The second kappa shape index (κ2) is 5.24. The predicted octanol–water partition coefficient (Wildman–Crippen LogP) is 1.62. The average Bonchev–Trinajstić information content (AvgIpc) is 2.39. The first-order valence-electron chi connectivity index (χ1n) is 6.20. The van der Waals surface area contributed by atoms with E-state index in [0.29, 0.717) is 5.69 Å². The van der Waals surface area contributed by atoms with Crippen LogP contribution < -0.4 is 5.73 Å². The van der Waals surface area contributed by atoms with Gasteiger partial charge < -0.3 is 5.73 Å². The molecule has 1 saturated carbocycles. The molecular formula is C12H19N3O2S. The molecule has 5 nitrogen and oxygen atoms in total. The van der Waals surface area contributed by atoms with E-state index >= 15 is 0 Å². The normalized spacial score (nSPS) is 18.1. The molecule has 0 aromatic carbocycles. The summed E-state index contributed by atoms with van der Waals surface area (Å²) in [6.07, 6.45) is 8.06. The third-order valence-electron chi connectivity index (χ3n) is 3.50. The molecule has 0 amide bonds. The molecule has 1 aliphatic rings. The zero-order valence-corrected chi connectivity index (χ0v) is 11.4. The number of nitrogen functional groups attached to an aromatic ring is 1. The number of hydrogen-bond donors (Lipinski definition) is 1. The molecule has 1 aromatic heterocycles. The van der Waals surface area contributed by atoms with E-state index in [1.165, 1.54) is 29.2 Å². The highest BCUT2D eigenvalue weighted by Crippen LogP contribution is 2.26. The van der Waals surface area contributed by atoms with E-state index in [1.54, 1.807) is 7.05 Å². The highest BCUT2D eigenvalue weighted by Gasteiger charge is 2.29. The van der Waals surface area contributed by atoms with Crippen molar-refractivity contribution < 1.29 is 8.42 Å². The topological polar surface area (TPSA) is 76.3 Å². The van der Waals surface area contributed by atoms with E-state index in [2.05, 4.69) is 4.98 Å². The first kappa shape index (κ1) is 13.3. The summed E-state index contributed by atoms with van der Waals surface area (Å²) in [7, 11) is -1.82. The van der Waals surface area contributed by atoms with Crippen LogP contribution in [-0.4, -0.2) is 30.8 Å². The van der Waals surface area contributed by atoms with Gasteiger partial charge in [0.25, 0.3) is 0 Å². The minimum absolute atomic E-state index is 0.102. The summed E-state index contributed by atoms with van der Waals surface area (Å²) >= 11 is 0. The van der Waals surface area contributed by atoms with Crippen LogP contribution in [-0.2, 0) is 10.0 Å². The summed E-state index contributed by atoms with van der Waals surface area (Å²) in [5.74, 6) is 0. The molecule has 0 bridgehead atoms.